The summed E-state index contributed by atoms with van der Waals surface area (Å²) in [6.45, 7) is 1.05. The van der Waals surface area contributed by atoms with E-state index in [2.05, 4.69) is 30.1 Å². The summed E-state index contributed by atoms with van der Waals surface area (Å²) in [6, 6.07) is 16.5. The SMILES string of the molecule is CSCC[C@H](NC(=O)[C@@H]1C[C@H](Oc2ccc(-c3ccccc3)cc2)CN1C/C=C/[C@@H](N)CS)C(=O)O.O=C(O)C(F)(F)F.O=C(O)C(F)(F)F. The number of halogens is 6. The second-order valence-corrected chi connectivity index (χ2v) is 11.7. The summed E-state index contributed by atoms with van der Waals surface area (Å²) in [5.74, 6) is -4.91. The number of carboxylic acid groups (broad SMARTS) is 3. The van der Waals surface area contributed by atoms with Gasteiger partial charge in [0.1, 0.15) is 17.9 Å². The number of benzene rings is 2. The van der Waals surface area contributed by atoms with Crippen molar-refractivity contribution in [2.45, 2.75) is 49.4 Å². The number of ether oxygens (including phenoxy) is 1. The lowest BCUT2D eigenvalue weighted by atomic mass is 10.1. The Kier molecular flexibility index (Phi) is 18.8. The van der Waals surface area contributed by atoms with Crippen LogP contribution in [0.25, 0.3) is 11.1 Å². The summed E-state index contributed by atoms with van der Waals surface area (Å²) in [5, 5.41) is 26.5. The van der Waals surface area contributed by atoms with E-state index >= 15 is 0 Å². The highest BCUT2D eigenvalue weighted by molar-refractivity contribution is 7.98. The molecule has 0 saturated carbocycles. The van der Waals surface area contributed by atoms with Crippen LogP contribution in [0.4, 0.5) is 26.3 Å². The highest BCUT2D eigenvalue weighted by atomic mass is 32.2. The quantitative estimate of drug-likeness (QED) is 0.0958. The van der Waals surface area contributed by atoms with Gasteiger partial charge in [-0.25, -0.2) is 14.4 Å². The van der Waals surface area contributed by atoms with Crippen LogP contribution in [-0.4, -0.2) is 111 Å². The molecule has 0 bridgehead atoms. The molecule has 1 aliphatic rings. The van der Waals surface area contributed by atoms with Gasteiger partial charge in [0.25, 0.3) is 0 Å². The third kappa shape index (κ3) is 16.6. The molecule has 0 radical (unpaired) electrons. The minimum atomic E-state index is -5.08. The van der Waals surface area contributed by atoms with E-state index in [4.69, 9.17) is 30.3 Å². The number of thiol groups is 1. The molecule has 11 nitrogen and oxygen atoms in total. The number of nitrogens with two attached hydrogens (primary N) is 1. The number of carboxylic acids is 3. The van der Waals surface area contributed by atoms with E-state index in [-0.39, 0.29) is 18.1 Å². The van der Waals surface area contributed by atoms with Gasteiger partial charge >= 0.3 is 30.3 Å². The lowest BCUT2D eigenvalue weighted by molar-refractivity contribution is -0.193. The van der Waals surface area contributed by atoms with Crippen molar-refractivity contribution in [3.63, 3.8) is 0 Å². The molecule has 1 saturated heterocycles. The van der Waals surface area contributed by atoms with E-state index in [0.717, 1.165) is 16.9 Å². The monoisotopic (exact) mass is 757 g/mol. The number of nitrogens with zero attached hydrogens (tertiary/aromatic N) is 1. The van der Waals surface area contributed by atoms with Crippen molar-refractivity contribution in [1.29, 1.82) is 0 Å². The van der Waals surface area contributed by atoms with Crippen LogP contribution in [0.5, 0.6) is 5.75 Å². The first-order valence-corrected chi connectivity index (χ1v) is 16.5. The summed E-state index contributed by atoms with van der Waals surface area (Å²) < 4.78 is 69.7. The van der Waals surface area contributed by atoms with Crippen molar-refractivity contribution >= 4 is 48.2 Å². The van der Waals surface area contributed by atoms with Gasteiger partial charge < -0.3 is 31.1 Å². The maximum atomic E-state index is 13.1. The van der Waals surface area contributed by atoms with Crippen molar-refractivity contribution in [3.05, 3.63) is 66.7 Å². The van der Waals surface area contributed by atoms with Crippen LogP contribution in [0.1, 0.15) is 12.8 Å². The second kappa shape index (κ2) is 21.3. The number of thioether (sulfide) groups is 1. The van der Waals surface area contributed by atoms with E-state index in [9.17, 15) is 41.0 Å². The van der Waals surface area contributed by atoms with Crippen molar-refractivity contribution in [1.82, 2.24) is 10.2 Å². The Morgan fingerprint density at radius 3 is 1.96 bits per heavy atom. The molecule has 0 aromatic heterocycles. The maximum absolute atomic E-state index is 13.1. The Bertz CT molecular complexity index is 1380. The molecular formula is C31H37F6N3O8S2. The Labute approximate surface area is 293 Å². The lowest BCUT2D eigenvalue weighted by Crippen LogP contribution is -2.49. The molecule has 3 rings (SSSR count). The molecular weight excluding hydrogens is 720 g/mol. The predicted octanol–water partition coefficient (Wildman–Crippen LogP) is 4.58. The van der Waals surface area contributed by atoms with Crippen molar-refractivity contribution in [2.75, 3.05) is 30.9 Å². The number of carbonyl (C=O) groups excluding carboxylic acids is 1. The molecule has 0 unspecified atom stereocenters. The molecule has 2 aromatic carbocycles. The van der Waals surface area contributed by atoms with Crippen molar-refractivity contribution in [3.8, 4) is 16.9 Å². The molecule has 278 valence electrons. The van der Waals surface area contributed by atoms with Crippen LogP contribution in [0.2, 0.25) is 0 Å². The molecule has 0 aliphatic carbocycles. The number of likely N-dealkylation sites (tertiary alicyclic amines) is 1. The topological polar surface area (TPSA) is 179 Å². The highest BCUT2D eigenvalue weighted by Gasteiger charge is 2.40. The summed E-state index contributed by atoms with van der Waals surface area (Å²) in [6.07, 6.45) is -3.81. The fraction of sp³-hybridized carbons (Fsp3) is 0.419. The highest BCUT2D eigenvalue weighted by Crippen LogP contribution is 2.26. The average Bonchev–Trinajstić information content (AvgIpc) is 3.45. The van der Waals surface area contributed by atoms with Gasteiger partial charge in [-0.1, -0.05) is 54.6 Å². The standard InChI is InChI=1S/C27H35N3O4S2.2C2HF3O2/c1-36-15-13-24(27(32)33)29-26(31)25-16-23(17-30(25)14-5-8-21(28)18-35)34-22-11-9-20(10-12-22)19-6-3-2-4-7-19;2*3-2(4,5)1(6)7/h2-12,21,23-25,35H,13-18,28H2,1H3,(H,29,31)(H,32,33);2*(H,6,7)/b8-5+;;/t21-,23+,24+,25+;;/m1../s1. The van der Waals surface area contributed by atoms with E-state index < -0.39 is 42.3 Å². The minimum Gasteiger partial charge on any atom is -0.489 e. The summed E-state index contributed by atoms with van der Waals surface area (Å²) in [4.78, 5) is 44.6. The van der Waals surface area contributed by atoms with Crippen LogP contribution < -0.4 is 15.8 Å². The normalized spacial score (nSPS) is 17.4. The zero-order valence-electron chi connectivity index (χ0n) is 26.4. The smallest absolute Gasteiger partial charge is 0.489 e. The third-order valence-corrected chi connectivity index (χ3v) is 7.64. The number of alkyl halides is 6. The maximum Gasteiger partial charge on any atom is 0.490 e. The van der Waals surface area contributed by atoms with Crippen LogP contribution in [0, 0.1) is 0 Å². The van der Waals surface area contributed by atoms with Gasteiger partial charge in [-0.05, 0) is 41.7 Å². The number of aliphatic carboxylic acids is 3. The minimum absolute atomic E-state index is 0.165. The van der Waals surface area contributed by atoms with Gasteiger partial charge in [-0.15, -0.1) is 0 Å². The first-order chi connectivity index (χ1) is 23.3. The van der Waals surface area contributed by atoms with Gasteiger partial charge in [0.15, 0.2) is 0 Å². The first-order valence-electron chi connectivity index (χ1n) is 14.5. The first kappa shape index (κ1) is 44.1. The number of hydrogen-bond acceptors (Lipinski definition) is 9. The van der Waals surface area contributed by atoms with Gasteiger partial charge in [-0.3, -0.25) is 9.69 Å². The number of nitrogens with one attached hydrogen (secondary N) is 1. The summed E-state index contributed by atoms with van der Waals surface area (Å²) >= 11 is 5.75. The Balaban J connectivity index is 0.000000748. The van der Waals surface area contributed by atoms with Gasteiger partial charge in [0, 0.05) is 31.3 Å². The Morgan fingerprint density at radius 1 is 0.980 bits per heavy atom. The Hall–Kier alpha value is -3.94. The zero-order valence-corrected chi connectivity index (χ0v) is 28.1. The summed E-state index contributed by atoms with van der Waals surface area (Å²) in [7, 11) is 0. The molecule has 1 heterocycles. The van der Waals surface area contributed by atoms with Crippen LogP contribution in [-0.2, 0) is 19.2 Å². The van der Waals surface area contributed by atoms with Crippen LogP contribution in [0.3, 0.4) is 0 Å². The van der Waals surface area contributed by atoms with Crippen molar-refractivity contribution in [2.24, 2.45) is 5.73 Å². The Morgan fingerprint density at radius 2 is 1.50 bits per heavy atom. The van der Waals surface area contributed by atoms with Crippen LogP contribution in [0.15, 0.2) is 66.7 Å². The van der Waals surface area contributed by atoms with Crippen molar-refractivity contribution < 1.29 is 65.6 Å². The molecule has 2 aromatic rings. The van der Waals surface area contributed by atoms with E-state index in [0.29, 0.717) is 37.4 Å². The van der Waals surface area contributed by atoms with E-state index in [1.165, 1.54) is 0 Å². The molecule has 1 aliphatic heterocycles. The molecule has 19 heteroatoms. The largest absolute Gasteiger partial charge is 0.490 e. The molecule has 1 amide bonds. The van der Waals surface area contributed by atoms with Gasteiger partial charge in [0.05, 0.1) is 6.04 Å². The number of amides is 1. The summed E-state index contributed by atoms with van der Waals surface area (Å²) in [5.41, 5.74) is 8.16. The molecule has 4 atom stereocenters. The van der Waals surface area contributed by atoms with E-state index in [1.54, 1.807) is 11.8 Å². The average molecular weight is 758 g/mol. The molecule has 50 heavy (non-hydrogen) atoms. The number of hydrogen-bond donors (Lipinski definition) is 6. The lowest BCUT2D eigenvalue weighted by Gasteiger charge is -2.24. The predicted molar refractivity (Wildman–Crippen MR) is 177 cm³/mol. The van der Waals surface area contributed by atoms with Gasteiger partial charge in [-0.2, -0.15) is 50.7 Å². The molecule has 0 spiro atoms. The van der Waals surface area contributed by atoms with E-state index in [1.807, 2.05) is 65.8 Å². The zero-order chi connectivity index (χ0) is 38.1. The number of rotatable bonds is 13. The second-order valence-electron chi connectivity index (χ2n) is 10.4. The fourth-order valence-electron chi connectivity index (χ4n) is 4.16. The molecule has 6 N–H and O–H groups in total. The van der Waals surface area contributed by atoms with Gasteiger partial charge in [0.2, 0.25) is 5.91 Å². The molecule has 1 fully saturated rings. The third-order valence-electron chi connectivity index (χ3n) is 6.58. The fourth-order valence-corrected chi connectivity index (χ4v) is 4.76. The van der Waals surface area contributed by atoms with Crippen LogP contribution >= 0.6 is 24.4 Å². The number of carbonyl (C=O) groups is 4.